The monoisotopic (exact) mass is 360 g/mol. The van der Waals surface area contributed by atoms with Crippen LogP contribution in [0.15, 0.2) is 51.9 Å². The van der Waals surface area contributed by atoms with E-state index in [-0.39, 0.29) is 17.1 Å². The molecule has 0 unspecified atom stereocenters. The molecule has 2 aromatic heterocycles. The topological polar surface area (TPSA) is 103 Å². The van der Waals surface area contributed by atoms with E-state index in [0.29, 0.717) is 5.76 Å². The molecule has 3 rings (SSSR count). The molecule has 0 spiro atoms. The van der Waals surface area contributed by atoms with Crippen molar-refractivity contribution < 1.29 is 18.0 Å². The Morgan fingerprint density at radius 1 is 1.31 bits per heavy atom. The highest BCUT2D eigenvalue weighted by atomic mass is 19.1. The molecule has 0 aliphatic heterocycles. The van der Waals surface area contributed by atoms with Crippen molar-refractivity contribution in [3.05, 3.63) is 64.6 Å². The van der Waals surface area contributed by atoms with Crippen LogP contribution >= 0.6 is 0 Å². The Hall–Kier alpha value is -3.49. The average molecular weight is 360 g/mol. The molecule has 0 saturated heterocycles. The first kappa shape index (κ1) is 17.3. The third-order valence-corrected chi connectivity index (χ3v) is 3.67. The summed E-state index contributed by atoms with van der Waals surface area (Å²) in [6.07, 6.45) is 1.42. The first-order valence-corrected chi connectivity index (χ1v) is 7.56. The van der Waals surface area contributed by atoms with Gasteiger partial charge in [-0.25, -0.2) is 13.5 Å². The van der Waals surface area contributed by atoms with E-state index >= 15 is 0 Å². The van der Waals surface area contributed by atoms with Crippen LogP contribution in [-0.2, 0) is 4.79 Å². The lowest BCUT2D eigenvalue weighted by molar-refractivity contribution is -0.119. The van der Waals surface area contributed by atoms with E-state index in [2.05, 4.69) is 10.4 Å². The maximum Gasteiger partial charge on any atom is 0.290 e. The Kier molecular flexibility index (Phi) is 4.53. The zero-order valence-electron chi connectivity index (χ0n) is 13.6. The number of nitrogens with two attached hydrogens (primary N) is 1. The third kappa shape index (κ3) is 3.32. The molecule has 0 aliphatic rings. The number of furan rings is 1. The van der Waals surface area contributed by atoms with Gasteiger partial charge in [0.15, 0.2) is 5.76 Å². The first-order valence-electron chi connectivity index (χ1n) is 7.56. The van der Waals surface area contributed by atoms with Gasteiger partial charge in [-0.05, 0) is 37.3 Å². The number of nitrogens with zero attached hydrogens (tertiary/aromatic N) is 2. The van der Waals surface area contributed by atoms with Crippen LogP contribution in [0.1, 0.15) is 13.0 Å². The van der Waals surface area contributed by atoms with Crippen molar-refractivity contribution in [1.29, 1.82) is 0 Å². The van der Waals surface area contributed by atoms with Gasteiger partial charge >= 0.3 is 0 Å². The van der Waals surface area contributed by atoms with Crippen molar-refractivity contribution in [1.82, 2.24) is 9.78 Å². The van der Waals surface area contributed by atoms with Crippen LogP contribution in [0.3, 0.4) is 0 Å². The summed E-state index contributed by atoms with van der Waals surface area (Å²) < 4.78 is 33.0. The third-order valence-electron chi connectivity index (χ3n) is 3.67. The van der Waals surface area contributed by atoms with Crippen molar-refractivity contribution in [3.63, 3.8) is 0 Å². The number of hydrogen-bond donors (Lipinski definition) is 2. The first-order chi connectivity index (χ1) is 12.4. The molecular formula is C17H14F2N4O3. The fraction of sp³-hybridized carbons (Fsp3) is 0.118. The van der Waals surface area contributed by atoms with E-state index in [1.807, 2.05) is 0 Å². The minimum absolute atomic E-state index is 0.136. The maximum atomic E-state index is 13.7. The van der Waals surface area contributed by atoms with Gasteiger partial charge in [0, 0.05) is 6.07 Å². The normalized spacial score (nSPS) is 12.0. The van der Waals surface area contributed by atoms with Crippen LogP contribution in [0.5, 0.6) is 0 Å². The molecule has 7 nitrogen and oxygen atoms in total. The largest absolute Gasteiger partial charge is 0.463 e. The van der Waals surface area contributed by atoms with Crippen molar-refractivity contribution in [2.75, 3.05) is 11.1 Å². The van der Waals surface area contributed by atoms with Crippen LogP contribution in [0.4, 0.5) is 20.2 Å². The smallest absolute Gasteiger partial charge is 0.290 e. The average Bonchev–Trinajstić information content (AvgIpc) is 3.14. The van der Waals surface area contributed by atoms with E-state index < -0.39 is 29.1 Å². The quantitative estimate of drug-likeness (QED) is 0.744. The summed E-state index contributed by atoms with van der Waals surface area (Å²) in [4.78, 5) is 24.6. The Morgan fingerprint density at radius 2 is 2.08 bits per heavy atom. The number of anilines is 2. The molecule has 0 fully saturated rings. The van der Waals surface area contributed by atoms with E-state index in [9.17, 15) is 18.4 Å². The van der Waals surface area contributed by atoms with Gasteiger partial charge in [-0.2, -0.15) is 5.10 Å². The molecule has 0 saturated carbocycles. The van der Waals surface area contributed by atoms with Crippen molar-refractivity contribution in [3.8, 4) is 11.5 Å². The molecule has 0 bridgehead atoms. The summed E-state index contributed by atoms with van der Waals surface area (Å²) in [6.45, 7) is 1.38. The van der Waals surface area contributed by atoms with E-state index in [4.69, 9.17) is 10.2 Å². The molecule has 26 heavy (non-hydrogen) atoms. The second-order valence-electron chi connectivity index (χ2n) is 5.50. The van der Waals surface area contributed by atoms with Gasteiger partial charge in [0.1, 0.15) is 29.1 Å². The Labute approximate surface area is 146 Å². The minimum atomic E-state index is -1.14. The van der Waals surface area contributed by atoms with Gasteiger partial charge in [-0.1, -0.05) is 0 Å². The molecule has 1 aromatic carbocycles. The van der Waals surface area contributed by atoms with Gasteiger partial charge in [-0.3, -0.25) is 9.59 Å². The van der Waals surface area contributed by atoms with Gasteiger partial charge in [-0.15, -0.1) is 0 Å². The Balaban J connectivity index is 1.94. The second kappa shape index (κ2) is 6.79. The lowest BCUT2D eigenvalue weighted by atomic mass is 10.2. The predicted octanol–water partition coefficient (Wildman–Crippen LogP) is 2.56. The zero-order chi connectivity index (χ0) is 18.8. The van der Waals surface area contributed by atoms with Gasteiger partial charge in [0.2, 0.25) is 5.91 Å². The zero-order valence-corrected chi connectivity index (χ0v) is 13.6. The Bertz CT molecular complexity index is 1020. The van der Waals surface area contributed by atoms with Gasteiger partial charge < -0.3 is 15.5 Å². The molecule has 3 aromatic rings. The molecule has 0 aliphatic carbocycles. The highest BCUT2D eigenvalue weighted by Crippen LogP contribution is 2.20. The fourth-order valence-electron chi connectivity index (χ4n) is 2.28. The number of nitrogens with one attached hydrogen (secondary N) is 1. The lowest BCUT2D eigenvalue weighted by Gasteiger charge is -2.15. The second-order valence-corrected chi connectivity index (χ2v) is 5.50. The molecule has 1 atom stereocenters. The van der Waals surface area contributed by atoms with Crippen LogP contribution in [0.2, 0.25) is 0 Å². The summed E-state index contributed by atoms with van der Waals surface area (Å²) in [5.74, 6) is -1.93. The summed E-state index contributed by atoms with van der Waals surface area (Å²) in [7, 11) is 0. The van der Waals surface area contributed by atoms with Crippen molar-refractivity contribution in [2.24, 2.45) is 0 Å². The summed E-state index contributed by atoms with van der Waals surface area (Å²) in [5.41, 5.74) is 4.79. The number of halogens is 2. The molecule has 9 heteroatoms. The standard InChI is InChI=1S/C17H14F2N4O3/c1-9(16(24)21-13-7-10(18)4-5-11(13)19)23-17(25)12(20)8-14(22-23)15-3-2-6-26-15/h2-9H,20H2,1H3,(H,21,24)/t9-/m0/s1. The molecule has 3 N–H and O–H groups in total. The van der Waals surface area contributed by atoms with Crippen molar-refractivity contribution in [2.45, 2.75) is 13.0 Å². The van der Waals surface area contributed by atoms with Crippen molar-refractivity contribution >= 4 is 17.3 Å². The number of carbonyl (C=O) groups excluding carboxylic acids is 1. The Morgan fingerprint density at radius 3 is 2.77 bits per heavy atom. The lowest BCUT2D eigenvalue weighted by Crippen LogP contribution is -2.34. The highest BCUT2D eigenvalue weighted by Gasteiger charge is 2.21. The van der Waals surface area contributed by atoms with Crippen LogP contribution in [-0.4, -0.2) is 15.7 Å². The fourth-order valence-corrected chi connectivity index (χ4v) is 2.28. The molecular weight excluding hydrogens is 346 g/mol. The number of rotatable bonds is 4. The van der Waals surface area contributed by atoms with Crippen LogP contribution < -0.4 is 16.6 Å². The number of nitrogen functional groups attached to an aromatic ring is 1. The molecule has 0 radical (unpaired) electrons. The number of hydrogen-bond acceptors (Lipinski definition) is 5. The number of amides is 1. The highest BCUT2D eigenvalue weighted by molar-refractivity contribution is 5.93. The van der Waals surface area contributed by atoms with E-state index in [0.717, 1.165) is 22.9 Å². The van der Waals surface area contributed by atoms with Crippen LogP contribution in [0, 0.1) is 11.6 Å². The number of benzene rings is 1. The molecule has 134 valence electrons. The summed E-state index contributed by atoms with van der Waals surface area (Å²) in [6, 6.07) is 6.08. The maximum absolute atomic E-state index is 13.7. The predicted molar refractivity (Wildman–Crippen MR) is 90.3 cm³/mol. The molecule has 1 amide bonds. The van der Waals surface area contributed by atoms with E-state index in [1.54, 1.807) is 12.1 Å². The minimum Gasteiger partial charge on any atom is -0.463 e. The number of carbonyl (C=O) groups is 1. The SMILES string of the molecule is C[C@@H](C(=O)Nc1cc(F)ccc1F)n1nc(-c2ccco2)cc(N)c1=O. The molecule has 2 heterocycles. The van der Waals surface area contributed by atoms with E-state index in [1.165, 1.54) is 19.3 Å². The summed E-state index contributed by atoms with van der Waals surface area (Å²) >= 11 is 0. The summed E-state index contributed by atoms with van der Waals surface area (Å²) in [5, 5.41) is 6.31. The van der Waals surface area contributed by atoms with Gasteiger partial charge in [0.25, 0.3) is 5.56 Å². The number of aromatic nitrogens is 2. The van der Waals surface area contributed by atoms with Crippen LogP contribution in [0.25, 0.3) is 11.5 Å². The van der Waals surface area contributed by atoms with Gasteiger partial charge in [0.05, 0.1) is 12.0 Å².